The van der Waals surface area contributed by atoms with Crippen LogP contribution in [0.1, 0.15) is 64.1 Å². The van der Waals surface area contributed by atoms with Crippen LogP contribution in [0.2, 0.25) is 0 Å². The number of nitrogens with one attached hydrogen (secondary N) is 2. The Morgan fingerprint density at radius 1 is 1.17 bits per heavy atom. The van der Waals surface area contributed by atoms with Crippen LogP contribution in [0.4, 0.5) is 5.69 Å². The standard InChI is InChI=1S/C21H27N5O2S/c1-13(20(28)23-16-6-3-4-7-16)29-21-25-24-19(15-10-11-15)26(21)18-9-5-8-17(12-18)22-14(2)27/h5,8-9,12-13,15-16H,3-4,6-7,10-11H2,1-2H3,(H,22,27)(H,23,28). The first-order valence-electron chi connectivity index (χ1n) is 10.3. The molecule has 2 N–H and O–H groups in total. The summed E-state index contributed by atoms with van der Waals surface area (Å²) >= 11 is 1.43. The molecular formula is C21H27N5O2S. The molecule has 7 nitrogen and oxygen atoms in total. The zero-order chi connectivity index (χ0) is 20.4. The molecule has 4 rings (SSSR count). The predicted octanol–water partition coefficient (Wildman–Crippen LogP) is 3.64. The topological polar surface area (TPSA) is 88.9 Å². The number of amides is 2. The molecule has 1 atom stereocenters. The van der Waals surface area contributed by atoms with E-state index in [0.717, 1.165) is 42.9 Å². The van der Waals surface area contributed by atoms with E-state index >= 15 is 0 Å². The molecule has 2 aromatic rings. The summed E-state index contributed by atoms with van der Waals surface area (Å²) in [7, 11) is 0. The third kappa shape index (κ3) is 4.80. The van der Waals surface area contributed by atoms with Crippen molar-refractivity contribution < 1.29 is 9.59 Å². The molecule has 0 radical (unpaired) electrons. The Kier molecular flexibility index (Phi) is 5.89. The van der Waals surface area contributed by atoms with Gasteiger partial charge in [-0.05, 0) is 50.8 Å². The second kappa shape index (κ2) is 8.57. The molecule has 1 aromatic carbocycles. The van der Waals surface area contributed by atoms with E-state index in [1.54, 1.807) is 0 Å². The van der Waals surface area contributed by atoms with Crippen LogP contribution in [-0.2, 0) is 9.59 Å². The number of thioether (sulfide) groups is 1. The van der Waals surface area contributed by atoms with Crippen LogP contribution in [0.5, 0.6) is 0 Å². The normalized spacial score (nSPS) is 17.9. The van der Waals surface area contributed by atoms with E-state index in [4.69, 9.17) is 0 Å². The lowest BCUT2D eigenvalue weighted by molar-refractivity contribution is -0.121. The van der Waals surface area contributed by atoms with E-state index < -0.39 is 0 Å². The minimum absolute atomic E-state index is 0.0522. The SMILES string of the molecule is CC(=O)Nc1cccc(-n2c(SC(C)C(=O)NC3CCCC3)nnc2C2CC2)c1. The first kappa shape index (κ1) is 19.9. The lowest BCUT2D eigenvalue weighted by Crippen LogP contribution is -2.37. The quantitative estimate of drug-likeness (QED) is 0.677. The molecule has 0 aliphatic heterocycles. The molecule has 1 heterocycles. The molecule has 0 bridgehead atoms. The third-order valence-electron chi connectivity index (χ3n) is 5.38. The Labute approximate surface area is 175 Å². The molecule has 1 unspecified atom stereocenters. The van der Waals surface area contributed by atoms with Crippen molar-refractivity contribution in [1.29, 1.82) is 0 Å². The van der Waals surface area contributed by atoms with Crippen molar-refractivity contribution in [2.45, 2.75) is 74.7 Å². The van der Waals surface area contributed by atoms with Crippen LogP contribution in [0.25, 0.3) is 5.69 Å². The minimum Gasteiger partial charge on any atom is -0.352 e. The van der Waals surface area contributed by atoms with Crippen molar-refractivity contribution in [2.75, 3.05) is 5.32 Å². The van der Waals surface area contributed by atoms with Crippen molar-refractivity contribution in [3.05, 3.63) is 30.1 Å². The third-order valence-corrected chi connectivity index (χ3v) is 6.42. The molecular weight excluding hydrogens is 386 g/mol. The van der Waals surface area contributed by atoms with Gasteiger partial charge in [-0.1, -0.05) is 30.7 Å². The second-order valence-corrected chi connectivity index (χ2v) is 9.24. The average Bonchev–Trinajstić information content (AvgIpc) is 3.24. The van der Waals surface area contributed by atoms with E-state index in [-0.39, 0.29) is 17.1 Å². The smallest absolute Gasteiger partial charge is 0.233 e. The van der Waals surface area contributed by atoms with E-state index in [1.165, 1.54) is 31.5 Å². The van der Waals surface area contributed by atoms with Crippen LogP contribution in [0, 0.1) is 0 Å². The Hall–Kier alpha value is -2.35. The highest BCUT2D eigenvalue weighted by Crippen LogP contribution is 2.41. The number of hydrogen-bond acceptors (Lipinski definition) is 5. The molecule has 2 amide bonds. The van der Waals surface area contributed by atoms with E-state index in [0.29, 0.717) is 17.1 Å². The fraction of sp³-hybridized carbons (Fsp3) is 0.524. The summed E-state index contributed by atoms with van der Waals surface area (Å²) in [5, 5.41) is 15.3. The number of nitrogens with zero attached hydrogens (tertiary/aromatic N) is 3. The summed E-state index contributed by atoms with van der Waals surface area (Å²) < 4.78 is 2.03. The number of hydrogen-bond donors (Lipinski definition) is 2. The van der Waals surface area contributed by atoms with Crippen molar-refractivity contribution >= 4 is 29.3 Å². The Morgan fingerprint density at radius 3 is 2.62 bits per heavy atom. The number of benzene rings is 1. The summed E-state index contributed by atoms with van der Waals surface area (Å²) in [5.41, 5.74) is 1.63. The molecule has 154 valence electrons. The Morgan fingerprint density at radius 2 is 1.93 bits per heavy atom. The molecule has 2 aliphatic rings. The first-order chi connectivity index (χ1) is 14.0. The van der Waals surface area contributed by atoms with Crippen LogP contribution < -0.4 is 10.6 Å². The fourth-order valence-corrected chi connectivity index (χ4v) is 4.62. The fourth-order valence-electron chi connectivity index (χ4n) is 3.73. The molecule has 2 aliphatic carbocycles. The largest absolute Gasteiger partial charge is 0.352 e. The van der Waals surface area contributed by atoms with Crippen molar-refractivity contribution in [2.24, 2.45) is 0 Å². The predicted molar refractivity (Wildman–Crippen MR) is 113 cm³/mol. The van der Waals surface area contributed by atoms with Gasteiger partial charge < -0.3 is 10.6 Å². The number of rotatable bonds is 7. The van der Waals surface area contributed by atoms with Gasteiger partial charge in [0.2, 0.25) is 11.8 Å². The van der Waals surface area contributed by atoms with Crippen molar-refractivity contribution in [3.8, 4) is 5.69 Å². The van der Waals surface area contributed by atoms with Crippen molar-refractivity contribution in [3.63, 3.8) is 0 Å². The average molecular weight is 414 g/mol. The summed E-state index contributed by atoms with van der Waals surface area (Å²) in [6.07, 6.45) is 6.73. The van der Waals surface area contributed by atoms with Crippen molar-refractivity contribution in [1.82, 2.24) is 20.1 Å². The van der Waals surface area contributed by atoms with E-state index in [2.05, 4.69) is 20.8 Å². The summed E-state index contributed by atoms with van der Waals surface area (Å²) in [4.78, 5) is 24.1. The number of carbonyl (C=O) groups excluding carboxylic acids is 2. The maximum absolute atomic E-state index is 12.6. The number of anilines is 1. The van der Waals surface area contributed by atoms with Gasteiger partial charge in [0.1, 0.15) is 5.82 Å². The van der Waals surface area contributed by atoms with Crippen LogP contribution in [0.3, 0.4) is 0 Å². The molecule has 0 saturated heterocycles. The lowest BCUT2D eigenvalue weighted by atomic mass is 10.2. The minimum atomic E-state index is -0.260. The molecule has 29 heavy (non-hydrogen) atoms. The summed E-state index contributed by atoms with van der Waals surface area (Å²) in [6, 6.07) is 7.97. The second-order valence-electron chi connectivity index (χ2n) is 7.93. The van der Waals surface area contributed by atoms with Gasteiger partial charge >= 0.3 is 0 Å². The number of aromatic nitrogens is 3. The van der Waals surface area contributed by atoms with Gasteiger partial charge in [0.15, 0.2) is 5.16 Å². The van der Waals surface area contributed by atoms with Gasteiger partial charge in [-0.25, -0.2) is 0 Å². The highest BCUT2D eigenvalue weighted by Gasteiger charge is 2.32. The maximum Gasteiger partial charge on any atom is 0.233 e. The van der Waals surface area contributed by atoms with Crippen LogP contribution in [-0.4, -0.2) is 37.9 Å². The maximum atomic E-state index is 12.6. The molecule has 1 aromatic heterocycles. The monoisotopic (exact) mass is 413 g/mol. The van der Waals surface area contributed by atoms with Gasteiger partial charge in [-0.2, -0.15) is 0 Å². The Bertz CT molecular complexity index is 902. The number of carbonyl (C=O) groups is 2. The lowest BCUT2D eigenvalue weighted by Gasteiger charge is -2.17. The first-order valence-corrected chi connectivity index (χ1v) is 11.2. The Balaban J connectivity index is 1.56. The van der Waals surface area contributed by atoms with Gasteiger partial charge in [0, 0.05) is 24.6 Å². The van der Waals surface area contributed by atoms with Crippen LogP contribution >= 0.6 is 11.8 Å². The molecule has 8 heteroatoms. The summed E-state index contributed by atoms with van der Waals surface area (Å²) in [5.74, 6) is 1.27. The van der Waals surface area contributed by atoms with Gasteiger partial charge in [-0.15, -0.1) is 10.2 Å². The molecule has 0 spiro atoms. The highest BCUT2D eigenvalue weighted by molar-refractivity contribution is 8.00. The van der Waals surface area contributed by atoms with E-state index in [9.17, 15) is 9.59 Å². The highest BCUT2D eigenvalue weighted by atomic mass is 32.2. The van der Waals surface area contributed by atoms with Gasteiger partial charge in [0.25, 0.3) is 0 Å². The summed E-state index contributed by atoms with van der Waals surface area (Å²) in [6.45, 7) is 3.41. The molecule has 2 fully saturated rings. The van der Waals surface area contributed by atoms with Gasteiger partial charge in [0.05, 0.1) is 10.9 Å². The zero-order valence-corrected chi connectivity index (χ0v) is 17.7. The molecule has 2 saturated carbocycles. The van der Waals surface area contributed by atoms with Crippen LogP contribution in [0.15, 0.2) is 29.4 Å². The van der Waals surface area contributed by atoms with E-state index in [1.807, 2.05) is 35.8 Å². The van der Waals surface area contributed by atoms with Gasteiger partial charge in [-0.3, -0.25) is 14.2 Å². The zero-order valence-electron chi connectivity index (χ0n) is 16.9.